The number of hydrogen-bond acceptors (Lipinski definition) is 7. The number of aromatic nitrogens is 1. The minimum atomic E-state index is -3.54. The van der Waals surface area contributed by atoms with E-state index in [-0.39, 0.29) is 16.8 Å². The Morgan fingerprint density at radius 1 is 1.08 bits per heavy atom. The first-order valence-corrected chi connectivity index (χ1v) is 15.4. The summed E-state index contributed by atoms with van der Waals surface area (Å²) in [6, 6.07) is 12.1. The van der Waals surface area contributed by atoms with Crippen molar-refractivity contribution >= 4 is 54.2 Å². The van der Waals surface area contributed by atoms with Crippen molar-refractivity contribution in [2.75, 3.05) is 50.7 Å². The van der Waals surface area contributed by atoms with Crippen molar-refractivity contribution in [2.24, 2.45) is 0 Å². The topological polar surface area (TPSA) is 85.8 Å². The van der Waals surface area contributed by atoms with Gasteiger partial charge in [-0.1, -0.05) is 29.4 Å². The smallest absolute Gasteiger partial charge is 0.251 e. The number of amides is 1. The summed E-state index contributed by atoms with van der Waals surface area (Å²) in [5.74, 6) is -0.193. The summed E-state index contributed by atoms with van der Waals surface area (Å²) in [6.45, 7) is 7.35. The maximum Gasteiger partial charge on any atom is 0.251 e. The molecule has 0 bridgehead atoms. The lowest BCUT2D eigenvalue weighted by Crippen LogP contribution is -2.48. The number of thiazole rings is 1. The lowest BCUT2D eigenvalue weighted by atomic mass is 10.1. The molecule has 2 aromatic carbocycles. The van der Waals surface area contributed by atoms with Crippen LogP contribution >= 0.6 is 22.9 Å². The second-order valence-corrected chi connectivity index (χ2v) is 13.0. The van der Waals surface area contributed by atoms with Gasteiger partial charge in [-0.2, -0.15) is 4.31 Å². The van der Waals surface area contributed by atoms with Crippen LogP contribution in [0.5, 0.6) is 0 Å². The Bertz CT molecular complexity index is 1350. The number of nitrogens with one attached hydrogen (secondary N) is 1. The summed E-state index contributed by atoms with van der Waals surface area (Å²) in [7, 11) is -3.54. The highest BCUT2D eigenvalue weighted by Gasteiger charge is 2.31. The molecule has 0 aliphatic carbocycles. The first-order valence-electron chi connectivity index (χ1n) is 12.7. The summed E-state index contributed by atoms with van der Waals surface area (Å²) in [5.41, 5.74) is 1.44. The normalized spacial score (nSPS) is 19.8. The van der Waals surface area contributed by atoms with E-state index in [4.69, 9.17) is 16.6 Å². The van der Waals surface area contributed by atoms with E-state index < -0.39 is 10.0 Å². The summed E-state index contributed by atoms with van der Waals surface area (Å²) < 4.78 is 28.7. The second kappa shape index (κ2) is 11.2. The maximum absolute atomic E-state index is 13.0. The molecule has 0 radical (unpaired) electrons. The molecule has 1 unspecified atom stereocenters. The molecule has 11 heteroatoms. The Hall–Kier alpha value is -2.24. The molecular weight excluding hydrogens is 530 g/mol. The van der Waals surface area contributed by atoms with Crippen LogP contribution in [0.25, 0.3) is 10.2 Å². The van der Waals surface area contributed by atoms with Gasteiger partial charge in [0.25, 0.3) is 5.91 Å². The minimum Gasteiger partial charge on any atom is -0.351 e. The molecule has 3 aromatic rings. The number of piperazine rings is 1. The quantitative estimate of drug-likeness (QED) is 0.468. The van der Waals surface area contributed by atoms with Crippen LogP contribution in [0.1, 0.15) is 36.5 Å². The molecule has 1 aromatic heterocycles. The number of anilines is 1. The van der Waals surface area contributed by atoms with Gasteiger partial charge in [-0.25, -0.2) is 13.4 Å². The lowest BCUT2D eigenvalue weighted by Gasteiger charge is -2.34. The van der Waals surface area contributed by atoms with Crippen molar-refractivity contribution in [1.29, 1.82) is 0 Å². The first-order chi connectivity index (χ1) is 17.8. The van der Waals surface area contributed by atoms with Crippen LogP contribution in [-0.4, -0.2) is 80.4 Å². The van der Waals surface area contributed by atoms with Crippen molar-refractivity contribution in [1.82, 2.24) is 19.5 Å². The van der Waals surface area contributed by atoms with Crippen LogP contribution < -0.4 is 10.2 Å². The van der Waals surface area contributed by atoms with E-state index in [0.29, 0.717) is 18.7 Å². The van der Waals surface area contributed by atoms with Crippen LogP contribution in [0.2, 0.25) is 5.02 Å². The summed E-state index contributed by atoms with van der Waals surface area (Å²) >= 11 is 7.77. The number of benzene rings is 2. The maximum atomic E-state index is 13.0. The molecule has 8 nitrogen and oxygen atoms in total. The zero-order valence-corrected chi connectivity index (χ0v) is 23.3. The first kappa shape index (κ1) is 26.4. The number of hydrogen-bond donors (Lipinski definition) is 1. The Kier molecular flexibility index (Phi) is 8.02. The second-order valence-electron chi connectivity index (χ2n) is 9.68. The molecule has 2 aliphatic rings. The van der Waals surface area contributed by atoms with Crippen LogP contribution in [0, 0.1) is 0 Å². The third kappa shape index (κ3) is 5.93. The molecule has 1 amide bonds. The Morgan fingerprint density at radius 3 is 2.57 bits per heavy atom. The van der Waals surface area contributed by atoms with Crippen molar-refractivity contribution in [3.63, 3.8) is 0 Å². The number of piperidine rings is 1. The fourth-order valence-corrected chi connectivity index (χ4v) is 7.95. The van der Waals surface area contributed by atoms with Gasteiger partial charge in [0, 0.05) is 62.4 Å². The highest BCUT2D eigenvalue weighted by Crippen LogP contribution is 2.31. The Balaban J connectivity index is 1.09. The zero-order valence-electron chi connectivity index (χ0n) is 20.9. The molecular formula is C26H32ClN5O3S2. The van der Waals surface area contributed by atoms with Gasteiger partial charge in [-0.15, -0.1) is 0 Å². The molecule has 2 aliphatic heterocycles. The van der Waals surface area contributed by atoms with Crippen LogP contribution in [0.3, 0.4) is 0 Å². The van der Waals surface area contributed by atoms with Crippen molar-refractivity contribution in [3.05, 3.63) is 53.1 Å². The van der Waals surface area contributed by atoms with Gasteiger partial charge in [0.2, 0.25) is 10.0 Å². The average molecular weight is 562 g/mol. The predicted octanol–water partition coefficient (Wildman–Crippen LogP) is 4.06. The molecule has 198 valence electrons. The number of carbonyl (C=O) groups excluding carboxylic acids is 1. The van der Waals surface area contributed by atoms with Crippen LogP contribution in [0.15, 0.2) is 47.4 Å². The third-order valence-corrected chi connectivity index (χ3v) is 10.5. The van der Waals surface area contributed by atoms with Crippen molar-refractivity contribution in [3.8, 4) is 0 Å². The predicted molar refractivity (Wildman–Crippen MR) is 149 cm³/mol. The molecule has 0 spiro atoms. The number of fused-ring (bicyclic) bond motifs is 1. The van der Waals surface area contributed by atoms with Gasteiger partial charge in [-0.05, 0) is 62.2 Å². The zero-order chi connectivity index (χ0) is 26.0. The van der Waals surface area contributed by atoms with E-state index in [2.05, 4.69) is 15.1 Å². The van der Waals surface area contributed by atoms with Crippen LogP contribution in [0.4, 0.5) is 5.13 Å². The number of carbonyl (C=O) groups is 1. The molecule has 2 fully saturated rings. The highest BCUT2D eigenvalue weighted by atomic mass is 35.5. The molecule has 1 atom stereocenters. The van der Waals surface area contributed by atoms with Crippen molar-refractivity contribution < 1.29 is 13.2 Å². The monoisotopic (exact) mass is 561 g/mol. The van der Waals surface area contributed by atoms with E-state index in [1.165, 1.54) is 0 Å². The molecule has 2 saturated heterocycles. The molecule has 0 saturated carbocycles. The van der Waals surface area contributed by atoms with E-state index in [1.54, 1.807) is 39.9 Å². The third-order valence-electron chi connectivity index (χ3n) is 7.16. The van der Waals surface area contributed by atoms with Gasteiger partial charge in [0.1, 0.15) is 0 Å². The fraction of sp³-hybridized carbons (Fsp3) is 0.462. The van der Waals surface area contributed by atoms with Gasteiger partial charge < -0.3 is 10.2 Å². The van der Waals surface area contributed by atoms with Gasteiger partial charge >= 0.3 is 0 Å². The minimum absolute atomic E-state index is 0.00361. The van der Waals surface area contributed by atoms with Gasteiger partial charge in [-0.3, -0.25) is 9.69 Å². The number of halogens is 1. The molecule has 37 heavy (non-hydrogen) atoms. The lowest BCUT2D eigenvalue weighted by molar-refractivity contribution is 0.0947. The van der Waals surface area contributed by atoms with E-state index >= 15 is 0 Å². The van der Waals surface area contributed by atoms with E-state index in [1.807, 2.05) is 25.1 Å². The number of nitrogens with zero attached hydrogens (tertiary/aromatic N) is 4. The summed E-state index contributed by atoms with van der Waals surface area (Å²) in [5, 5.41) is 4.71. The molecule has 3 heterocycles. The van der Waals surface area contributed by atoms with Crippen LogP contribution in [-0.2, 0) is 10.0 Å². The van der Waals surface area contributed by atoms with Crippen molar-refractivity contribution in [2.45, 2.75) is 37.1 Å². The standard InChI is InChI=1S/C26H32ClN5O3S2/c1-19-4-2-3-12-32(19)37(34,35)22-8-5-20(6-9-22)25(33)28-11-13-30-14-16-31(17-15-30)26-29-23-10-7-21(27)18-24(23)36-26/h5-10,18-19H,2-4,11-17H2,1H3,(H,28,33). The van der Waals surface area contributed by atoms with Gasteiger partial charge in [0.15, 0.2) is 5.13 Å². The van der Waals surface area contributed by atoms with E-state index in [9.17, 15) is 13.2 Å². The number of rotatable bonds is 7. The Morgan fingerprint density at radius 2 is 1.84 bits per heavy atom. The summed E-state index contributed by atoms with van der Waals surface area (Å²) in [4.78, 5) is 22.2. The fourth-order valence-electron chi connectivity index (χ4n) is 4.96. The number of sulfonamides is 1. The van der Waals surface area contributed by atoms with Gasteiger partial charge in [0.05, 0.1) is 15.1 Å². The summed E-state index contributed by atoms with van der Waals surface area (Å²) in [6.07, 6.45) is 2.82. The Labute approximate surface area is 227 Å². The highest BCUT2D eigenvalue weighted by molar-refractivity contribution is 7.89. The SMILES string of the molecule is CC1CCCCN1S(=O)(=O)c1ccc(C(=O)NCCN2CCN(c3nc4ccc(Cl)cc4s3)CC2)cc1. The molecule has 5 rings (SSSR count). The van der Waals surface area contributed by atoms with E-state index in [0.717, 1.165) is 72.4 Å². The molecule has 1 N–H and O–H groups in total. The average Bonchev–Trinajstić information content (AvgIpc) is 3.32. The largest absolute Gasteiger partial charge is 0.351 e.